The molecule has 116 valence electrons. The molecule has 4 rings (SSSR count). The smallest absolute Gasteiger partial charge is 0.274 e. The number of amides is 1. The lowest BCUT2D eigenvalue weighted by atomic mass is 10.1. The van der Waals surface area contributed by atoms with Crippen LogP contribution in [0.15, 0.2) is 24.7 Å². The summed E-state index contributed by atoms with van der Waals surface area (Å²) >= 11 is 0. The van der Waals surface area contributed by atoms with Gasteiger partial charge in [-0.1, -0.05) is 0 Å². The van der Waals surface area contributed by atoms with Crippen LogP contribution in [0.4, 0.5) is 0 Å². The molecule has 3 heterocycles. The van der Waals surface area contributed by atoms with Gasteiger partial charge in [0.1, 0.15) is 5.69 Å². The summed E-state index contributed by atoms with van der Waals surface area (Å²) in [7, 11) is 0. The van der Waals surface area contributed by atoms with Crippen LogP contribution >= 0.6 is 0 Å². The monoisotopic (exact) mass is 302 g/mol. The summed E-state index contributed by atoms with van der Waals surface area (Å²) in [4.78, 5) is 23.1. The molecule has 2 fully saturated rings. The molecule has 0 spiro atoms. The zero-order valence-electron chi connectivity index (χ0n) is 12.1. The molecule has 22 heavy (non-hydrogen) atoms. The summed E-state index contributed by atoms with van der Waals surface area (Å²) in [6, 6.07) is 1.84. The van der Waals surface area contributed by atoms with Crippen LogP contribution < -0.4 is 0 Å². The number of fused-ring (bicyclic) bond motifs is 2. The van der Waals surface area contributed by atoms with E-state index < -0.39 is 0 Å². The maximum absolute atomic E-state index is 12.8. The number of imidazole rings is 1. The van der Waals surface area contributed by atoms with E-state index in [2.05, 4.69) is 9.97 Å². The van der Waals surface area contributed by atoms with Crippen LogP contribution in [0.25, 0.3) is 5.78 Å². The van der Waals surface area contributed by atoms with E-state index in [1.807, 2.05) is 11.1 Å². The summed E-state index contributed by atoms with van der Waals surface area (Å²) in [5, 5.41) is 9.37. The summed E-state index contributed by atoms with van der Waals surface area (Å²) in [6.07, 6.45) is 6.84. The lowest BCUT2D eigenvalue weighted by Crippen LogP contribution is -2.51. The quantitative estimate of drug-likeness (QED) is 0.865. The second kappa shape index (κ2) is 5.33. The highest BCUT2D eigenvalue weighted by Crippen LogP contribution is 2.34. The van der Waals surface area contributed by atoms with Crippen molar-refractivity contribution in [3.8, 4) is 0 Å². The number of ether oxygens (including phenoxy) is 1. The van der Waals surface area contributed by atoms with E-state index in [0.717, 1.165) is 12.8 Å². The zero-order chi connectivity index (χ0) is 15.1. The molecule has 0 unspecified atom stereocenters. The second-order valence-corrected chi connectivity index (χ2v) is 5.95. The molecule has 2 aromatic rings. The minimum absolute atomic E-state index is 0.0324. The SMILES string of the molecule is O=C(c1cn2cccnc2n1)N1CCO[C@H]2C[C@H](CO)C[C@@H]21. The van der Waals surface area contributed by atoms with Crippen LogP contribution in [-0.2, 0) is 4.74 Å². The van der Waals surface area contributed by atoms with E-state index in [9.17, 15) is 9.90 Å². The molecule has 7 nitrogen and oxygen atoms in total. The van der Waals surface area contributed by atoms with Crippen molar-refractivity contribution >= 4 is 11.7 Å². The van der Waals surface area contributed by atoms with E-state index in [-0.39, 0.29) is 30.6 Å². The molecule has 1 amide bonds. The maximum atomic E-state index is 12.8. The predicted molar refractivity (Wildman–Crippen MR) is 77.4 cm³/mol. The van der Waals surface area contributed by atoms with Gasteiger partial charge in [0.2, 0.25) is 5.78 Å². The van der Waals surface area contributed by atoms with Gasteiger partial charge in [0.25, 0.3) is 5.91 Å². The molecule has 1 N–H and O–H groups in total. The first kappa shape index (κ1) is 13.7. The fourth-order valence-electron chi connectivity index (χ4n) is 3.53. The molecule has 0 bridgehead atoms. The van der Waals surface area contributed by atoms with Gasteiger partial charge in [0.05, 0.1) is 18.8 Å². The molecule has 1 aliphatic heterocycles. The van der Waals surface area contributed by atoms with Crippen molar-refractivity contribution in [1.82, 2.24) is 19.3 Å². The first-order chi connectivity index (χ1) is 10.8. The van der Waals surface area contributed by atoms with Crippen LogP contribution in [0, 0.1) is 5.92 Å². The molecular formula is C15H18N4O3. The van der Waals surface area contributed by atoms with Crippen LogP contribution in [0.3, 0.4) is 0 Å². The molecule has 2 aromatic heterocycles. The average molecular weight is 302 g/mol. The van der Waals surface area contributed by atoms with Gasteiger partial charge in [-0.3, -0.25) is 9.20 Å². The van der Waals surface area contributed by atoms with Crippen molar-refractivity contribution in [1.29, 1.82) is 0 Å². The van der Waals surface area contributed by atoms with Crippen molar-refractivity contribution in [3.63, 3.8) is 0 Å². The van der Waals surface area contributed by atoms with Crippen LogP contribution in [0.1, 0.15) is 23.3 Å². The third kappa shape index (κ3) is 2.17. The number of hydrogen-bond donors (Lipinski definition) is 1. The van der Waals surface area contributed by atoms with E-state index in [1.165, 1.54) is 0 Å². The van der Waals surface area contributed by atoms with Gasteiger partial charge >= 0.3 is 0 Å². The number of nitrogens with zero attached hydrogens (tertiary/aromatic N) is 4. The number of morpholine rings is 1. The fraction of sp³-hybridized carbons (Fsp3) is 0.533. The van der Waals surface area contributed by atoms with Crippen molar-refractivity contribution in [2.75, 3.05) is 19.8 Å². The average Bonchev–Trinajstić information content (AvgIpc) is 3.16. The molecule has 0 radical (unpaired) electrons. The van der Waals surface area contributed by atoms with Gasteiger partial charge in [0, 0.05) is 31.7 Å². The number of aromatic nitrogens is 3. The fourth-order valence-corrected chi connectivity index (χ4v) is 3.53. The van der Waals surface area contributed by atoms with Crippen molar-refractivity contribution in [2.24, 2.45) is 5.92 Å². The summed E-state index contributed by atoms with van der Waals surface area (Å²) in [6.45, 7) is 1.26. The Bertz CT molecular complexity index is 668. The summed E-state index contributed by atoms with van der Waals surface area (Å²) in [5.74, 6) is 0.656. The molecule has 3 atom stereocenters. The van der Waals surface area contributed by atoms with Crippen LogP contribution in [0.2, 0.25) is 0 Å². The highest BCUT2D eigenvalue weighted by Gasteiger charge is 2.43. The standard InChI is InChI=1S/C15H18N4O3/c20-9-10-6-12-13(7-10)22-5-4-19(12)14(21)11-8-18-3-1-2-16-15(18)17-11/h1-3,8,10,12-13,20H,4-7,9H2/t10-,12+,13+/m1/s1. The van der Waals surface area contributed by atoms with Crippen molar-refractivity contribution in [3.05, 3.63) is 30.4 Å². The Balaban J connectivity index is 1.61. The Morgan fingerprint density at radius 1 is 1.45 bits per heavy atom. The number of rotatable bonds is 2. The minimum atomic E-state index is -0.0811. The second-order valence-electron chi connectivity index (χ2n) is 5.95. The van der Waals surface area contributed by atoms with E-state index in [0.29, 0.717) is 24.6 Å². The highest BCUT2D eigenvalue weighted by molar-refractivity contribution is 5.93. The van der Waals surface area contributed by atoms with Gasteiger partial charge in [0.15, 0.2) is 0 Å². The Labute approximate surface area is 127 Å². The van der Waals surface area contributed by atoms with Crippen LogP contribution in [-0.4, -0.2) is 62.2 Å². The van der Waals surface area contributed by atoms with Crippen molar-refractivity contribution in [2.45, 2.75) is 25.0 Å². The van der Waals surface area contributed by atoms with Crippen LogP contribution in [0.5, 0.6) is 0 Å². The predicted octanol–water partition coefficient (Wildman–Crippen LogP) is 0.341. The largest absolute Gasteiger partial charge is 0.396 e. The zero-order valence-corrected chi connectivity index (χ0v) is 12.1. The minimum Gasteiger partial charge on any atom is -0.396 e. The van der Waals surface area contributed by atoms with Gasteiger partial charge < -0.3 is 14.7 Å². The maximum Gasteiger partial charge on any atom is 0.274 e. The normalized spacial score (nSPS) is 28.0. The molecule has 7 heteroatoms. The molecule has 2 aliphatic rings. The van der Waals surface area contributed by atoms with Gasteiger partial charge in [-0.05, 0) is 24.8 Å². The van der Waals surface area contributed by atoms with E-state index >= 15 is 0 Å². The van der Waals surface area contributed by atoms with E-state index in [4.69, 9.17) is 4.74 Å². The lowest BCUT2D eigenvalue weighted by Gasteiger charge is -2.37. The third-order valence-electron chi connectivity index (χ3n) is 4.61. The Kier molecular flexibility index (Phi) is 3.31. The first-order valence-corrected chi connectivity index (χ1v) is 7.59. The Hall–Kier alpha value is -1.99. The van der Waals surface area contributed by atoms with Gasteiger partial charge in [-0.15, -0.1) is 0 Å². The molecule has 0 aromatic carbocycles. The third-order valence-corrected chi connectivity index (χ3v) is 4.61. The number of aliphatic hydroxyl groups excluding tert-OH is 1. The molecular weight excluding hydrogens is 284 g/mol. The number of carbonyl (C=O) groups excluding carboxylic acids is 1. The first-order valence-electron chi connectivity index (χ1n) is 7.59. The number of aliphatic hydroxyl groups is 1. The highest BCUT2D eigenvalue weighted by atomic mass is 16.5. The Morgan fingerprint density at radius 3 is 3.18 bits per heavy atom. The van der Waals surface area contributed by atoms with Gasteiger partial charge in [-0.25, -0.2) is 9.97 Å². The number of hydrogen-bond acceptors (Lipinski definition) is 5. The molecule has 1 aliphatic carbocycles. The summed E-state index contributed by atoms with van der Waals surface area (Å²) < 4.78 is 7.51. The van der Waals surface area contributed by atoms with E-state index in [1.54, 1.807) is 22.9 Å². The lowest BCUT2D eigenvalue weighted by molar-refractivity contribution is -0.0450. The molecule has 1 saturated carbocycles. The van der Waals surface area contributed by atoms with Gasteiger partial charge in [-0.2, -0.15) is 0 Å². The van der Waals surface area contributed by atoms with Crippen molar-refractivity contribution < 1.29 is 14.6 Å². The number of carbonyl (C=O) groups is 1. The Morgan fingerprint density at radius 2 is 2.36 bits per heavy atom. The summed E-state index contributed by atoms with van der Waals surface area (Å²) in [5.41, 5.74) is 0.409. The topological polar surface area (TPSA) is 80.0 Å². The molecule has 1 saturated heterocycles.